The molecule has 1 unspecified atom stereocenters. The highest BCUT2D eigenvalue weighted by Crippen LogP contribution is 2.50. The predicted octanol–water partition coefficient (Wildman–Crippen LogP) is 2.66. The number of rotatable bonds is 5. The molecule has 4 atom stereocenters. The summed E-state index contributed by atoms with van der Waals surface area (Å²) in [4.78, 5) is 23.4. The van der Waals surface area contributed by atoms with Crippen molar-refractivity contribution in [1.29, 1.82) is 0 Å². The van der Waals surface area contributed by atoms with E-state index in [1.54, 1.807) is 17.2 Å². The summed E-state index contributed by atoms with van der Waals surface area (Å²) in [6, 6.07) is 3.84. The molecule has 1 aliphatic heterocycles. The lowest BCUT2D eigenvalue weighted by Gasteiger charge is -2.39. The van der Waals surface area contributed by atoms with Crippen LogP contribution in [0.2, 0.25) is 0 Å². The van der Waals surface area contributed by atoms with E-state index in [-0.39, 0.29) is 11.9 Å². The molecule has 1 aliphatic carbocycles. The summed E-state index contributed by atoms with van der Waals surface area (Å²) < 4.78 is 0. The van der Waals surface area contributed by atoms with Crippen LogP contribution >= 0.6 is 0 Å². The number of amides is 1. The molecule has 1 amide bonds. The van der Waals surface area contributed by atoms with Crippen molar-refractivity contribution < 1.29 is 4.79 Å². The lowest BCUT2D eigenvalue weighted by Crippen LogP contribution is -2.52. The zero-order chi connectivity index (χ0) is 16.6. The zero-order valence-electron chi connectivity index (χ0n) is 13.8. The van der Waals surface area contributed by atoms with E-state index in [4.69, 9.17) is 5.73 Å². The minimum Gasteiger partial charge on any atom is -0.369 e. The number of pyridine rings is 1. The number of hydrogen-bond donors (Lipinski definition) is 1. The Hall–Kier alpha value is -2.17. The second kappa shape index (κ2) is 5.80. The van der Waals surface area contributed by atoms with Crippen molar-refractivity contribution >= 4 is 11.9 Å². The number of nitrogens with two attached hydrogens (primary N) is 1. The lowest BCUT2D eigenvalue weighted by atomic mass is 9.89. The van der Waals surface area contributed by atoms with Crippen LogP contribution in [0.3, 0.4) is 0 Å². The van der Waals surface area contributed by atoms with E-state index < -0.39 is 5.54 Å². The van der Waals surface area contributed by atoms with Crippen LogP contribution < -0.4 is 5.73 Å². The van der Waals surface area contributed by atoms with Crippen molar-refractivity contribution in [3.63, 3.8) is 0 Å². The number of nitrogens with zero attached hydrogens (tertiary/aromatic N) is 3. The summed E-state index contributed by atoms with van der Waals surface area (Å²) in [6.45, 7) is 8.05. The van der Waals surface area contributed by atoms with Gasteiger partial charge in [-0.3, -0.25) is 14.7 Å². The third-order valence-electron chi connectivity index (χ3n) is 5.18. The molecule has 0 saturated heterocycles. The van der Waals surface area contributed by atoms with Crippen LogP contribution in [-0.2, 0) is 4.79 Å². The van der Waals surface area contributed by atoms with E-state index in [2.05, 4.69) is 23.5 Å². The average Bonchev–Trinajstić information content (AvgIpc) is 3.27. The third kappa shape index (κ3) is 2.76. The molecule has 122 valence electrons. The fraction of sp³-hybridized carbons (Fsp3) is 0.500. The molecule has 0 bridgehead atoms. The van der Waals surface area contributed by atoms with Gasteiger partial charge in [0.1, 0.15) is 0 Å². The van der Waals surface area contributed by atoms with Crippen LogP contribution in [0.25, 0.3) is 0 Å². The Kier molecular flexibility index (Phi) is 3.96. The maximum absolute atomic E-state index is 12.9. The first-order valence-electron chi connectivity index (χ1n) is 8.22. The zero-order valence-corrected chi connectivity index (χ0v) is 13.8. The van der Waals surface area contributed by atoms with Gasteiger partial charge in [-0.15, -0.1) is 6.58 Å². The molecule has 2 aliphatic rings. The van der Waals surface area contributed by atoms with Crippen molar-refractivity contribution in [1.82, 2.24) is 9.88 Å². The summed E-state index contributed by atoms with van der Waals surface area (Å²) in [5.74, 6) is 1.32. The Morgan fingerprint density at radius 1 is 1.61 bits per heavy atom. The number of aromatic nitrogens is 1. The second-order valence-corrected chi connectivity index (χ2v) is 6.68. The summed E-state index contributed by atoms with van der Waals surface area (Å²) in [6.07, 6.45) is 7.45. The Balaban J connectivity index is 2.00. The highest BCUT2D eigenvalue weighted by Gasteiger charge is 2.48. The minimum absolute atomic E-state index is 0.0206. The van der Waals surface area contributed by atoms with Gasteiger partial charge in [-0.25, -0.2) is 4.99 Å². The number of carbonyl (C=O) groups excluding carboxylic acids is 1. The van der Waals surface area contributed by atoms with Crippen molar-refractivity contribution in [2.45, 2.75) is 44.7 Å². The summed E-state index contributed by atoms with van der Waals surface area (Å²) >= 11 is 0. The summed E-state index contributed by atoms with van der Waals surface area (Å²) in [5.41, 5.74) is 6.69. The van der Waals surface area contributed by atoms with Gasteiger partial charge >= 0.3 is 0 Å². The highest BCUT2D eigenvalue weighted by molar-refractivity contribution is 6.00. The van der Waals surface area contributed by atoms with Gasteiger partial charge in [-0.1, -0.05) is 26.0 Å². The summed E-state index contributed by atoms with van der Waals surface area (Å²) in [5, 5.41) is 0. The topological polar surface area (TPSA) is 71.6 Å². The van der Waals surface area contributed by atoms with E-state index in [0.29, 0.717) is 30.6 Å². The molecule has 5 nitrogen and oxygen atoms in total. The molecular weight excluding hydrogens is 288 g/mol. The van der Waals surface area contributed by atoms with Gasteiger partial charge < -0.3 is 5.73 Å². The number of guanidine groups is 1. The minimum atomic E-state index is -0.563. The first-order valence-corrected chi connectivity index (χ1v) is 8.22. The van der Waals surface area contributed by atoms with Gasteiger partial charge in [0.15, 0.2) is 5.96 Å². The van der Waals surface area contributed by atoms with Crippen molar-refractivity contribution in [3.8, 4) is 0 Å². The smallest absolute Gasteiger partial charge is 0.232 e. The molecule has 0 aromatic carbocycles. The molecule has 0 spiro atoms. The molecule has 5 heteroatoms. The number of hydrogen-bond acceptors (Lipinski definition) is 4. The monoisotopic (exact) mass is 312 g/mol. The lowest BCUT2D eigenvalue weighted by molar-refractivity contribution is -0.131. The fourth-order valence-corrected chi connectivity index (χ4v) is 3.49. The average molecular weight is 312 g/mol. The molecule has 1 aromatic heterocycles. The van der Waals surface area contributed by atoms with Gasteiger partial charge in [0.2, 0.25) is 5.91 Å². The molecule has 1 aromatic rings. The van der Waals surface area contributed by atoms with E-state index in [0.717, 1.165) is 12.0 Å². The molecule has 3 rings (SSSR count). The van der Waals surface area contributed by atoms with E-state index >= 15 is 0 Å². The third-order valence-corrected chi connectivity index (χ3v) is 5.18. The first kappa shape index (κ1) is 15.7. The molecule has 0 radical (unpaired) electrons. The van der Waals surface area contributed by atoms with Crippen LogP contribution in [0, 0.1) is 11.8 Å². The molecule has 1 fully saturated rings. The van der Waals surface area contributed by atoms with Crippen LogP contribution in [-0.4, -0.2) is 27.3 Å². The summed E-state index contributed by atoms with van der Waals surface area (Å²) in [7, 11) is 0. The SMILES string of the molecule is C=C[C@@]1(CC)CC(=O)N(C(c2cccnc2)[C@@H]2C[C@H]2C)C(N)=N1. The van der Waals surface area contributed by atoms with Gasteiger partial charge in [0.25, 0.3) is 0 Å². The quantitative estimate of drug-likeness (QED) is 0.850. The van der Waals surface area contributed by atoms with Crippen LogP contribution in [0.5, 0.6) is 0 Å². The molecular formula is C18H24N4O. The van der Waals surface area contributed by atoms with E-state index in [1.807, 2.05) is 25.3 Å². The maximum Gasteiger partial charge on any atom is 0.232 e. The van der Waals surface area contributed by atoms with Gasteiger partial charge in [-0.2, -0.15) is 0 Å². The molecule has 1 saturated carbocycles. The maximum atomic E-state index is 12.9. The first-order chi connectivity index (χ1) is 11.0. The number of aliphatic imine (C=N–C) groups is 1. The second-order valence-electron chi connectivity index (χ2n) is 6.68. The normalized spacial score (nSPS) is 31.5. The Morgan fingerprint density at radius 2 is 2.35 bits per heavy atom. The predicted molar refractivity (Wildman–Crippen MR) is 90.6 cm³/mol. The Morgan fingerprint density at radius 3 is 2.83 bits per heavy atom. The van der Waals surface area contributed by atoms with Crippen LogP contribution in [0.15, 0.2) is 42.2 Å². The molecule has 23 heavy (non-hydrogen) atoms. The molecule has 2 heterocycles. The van der Waals surface area contributed by atoms with Crippen LogP contribution in [0.4, 0.5) is 0 Å². The van der Waals surface area contributed by atoms with Crippen molar-refractivity contribution in [2.75, 3.05) is 0 Å². The Bertz CT molecular complexity index is 642. The Labute approximate surface area is 137 Å². The van der Waals surface area contributed by atoms with E-state index in [1.165, 1.54) is 0 Å². The highest BCUT2D eigenvalue weighted by atomic mass is 16.2. The van der Waals surface area contributed by atoms with Gasteiger partial charge in [0, 0.05) is 12.4 Å². The van der Waals surface area contributed by atoms with Gasteiger partial charge in [0.05, 0.1) is 18.0 Å². The standard InChI is InChI=1S/C18H24N4O/c1-4-18(5-2)10-15(23)22(17(19)21-18)16(14-9-12(14)3)13-7-6-8-20-11-13/h4,6-8,11-12,14,16H,1,5,9-10H2,2-3H3,(H2,19,21)/t12-,14-,16?,18-/m1/s1. The van der Waals surface area contributed by atoms with Crippen molar-refractivity contribution in [2.24, 2.45) is 22.6 Å². The van der Waals surface area contributed by atoms with Crippen molar-refractivity contribution in [3.05, 3.63) is 42.7 Å². The van der Waals surface area contributed by atoms with E-state index in [9.17, 15) is 4.79 Å². The largest absolute Gasteiger partial charge is 0.369 e. The van der Waals surface area contributed by atoms with Crippen LogP contribution in [0.1, 0.15) is 44.7 Å². The fourth-order valence-electron chi connectivity index (χ4n) is 3.49. The van der Waals surface area contributed by atoms with Gasteiger partial charge in [-0.05, 0) is 36.3 Å². The number of carbonyl (C=O) groups is 1. The molecule has 2 N–H and O–H groups in total.